The van der Waals surface area contributed by atoms with Crippen LogP contribution in [-0.4, -0.2) is 48.6 Å². The van der Waals surface area contributed by atoms with Gasteiger partial charge < -0.3 is 5.32 Å². The van der Waals surface area contributed by atoms with E-state index in [1.54, 1.807) is 6.07 Å². The van der Waals surface area contributed by atoms with Crippen LogP contribution in [0.15, 0.2) is 24.3 Å². The molecule has 1 N–H and O–H groups in total. The minimum atomic E-state index is -3.69. The Morgan fingerprint density at radius 3 is 2.30 bits per heavy atom. The lowest BCUT2D eigenvalue weighted by molar-refractivity contribution is -0.125. The summed E-state index contributed by atoms with van der Waals surface area (Å²) in [6.45, 7) is 0.970. The van der Waals surface area contributed by atoms with Gasteiger partial charge in [0.05, 0.1) is 6.54 Å². The lowest BCUT2D eigenvalue weighted by atomic mass is 9.54. The fourth-order valence-electron chi connectivity index (χ4n) is 6.51. The summed E-state index contributed by atoms with van der Waals surface area (Å²) in [5.41, 5.74) is 0.780. The Bertz CT molecular complexity index is 894. The molecule has 1 aromatic rings. The number of halogens is 1. The molecule has 8 heteroatoms. The highest BCUT2D eigenvalue weighted by Gasteiger charge is 2.48. The fourth-order valence-corrected chi connectivity index (χ4v) is 8.33. The highest BCUT2D eigenvalue weighted by Crippen LogP contribution is 2.53. The second-order valence-electron chi connectivity index (χ2n) is 9.64. The molecular formula is C22H30ClN3O3S. The molecule has 30 heavy (non-hydrogen) atoms. The summed E-state index contributed by atoms with van der Waals surface area (Å²) in [5, 5.41) is 3.80. The van der Waals surface area contributed by atoms with E-state index in [9.17, 15) is 13.2 Å². The van der Waals surface area contributed by atoms with Gasteiger partial charge >= 0.3 is 0 Å². The molecule has 6 nitrogen and oxygen atoms in total. The van der Waals surface area contributed by atoms with Crippen LogP contribution in [0.5, 0.6) is 0 Å². The summed E-state index contributed by atoms with van der Waals surface area (Å²) in [5.74, 6) is 2.71. The molecule has 1 aliphatic heterocycles. The van der Waals surface area contributed by atoms with E-state index in [-0.39, 0.29) is 25.0 Å². The molecule has 4 bridgehead atoms. The zero-order valence-electron chi connectivity index (χ0n) is 17.2. The highest BCUT2D eigenvalue weighted by molar-refractivity contribution is 7.86. The third-order valence-corrected chi connectivity index (χ3v) is 9.94. The average Bonchev–Trinajstić information content (AvgIpc) is 2.69. The molecule has 0 spiro atoms. The van der Waals surface area contributed by atoms with Gasteiger partial charge in [0.25, 0.3) is 10.2 Å². The van der Waals surface area contributed by atoms with Gasteiger partial charge in [-0.25, -0.2) is 0 Å². The average molecular weight is 452 g/mol. The third-order valence-electron chi connectivity index (χ3n) is 7.65. The summed E-state index contributed by atoms with van der Waals surface area (Å²) >= 11 is 6.23. The molecule has 4 saturated carbocycles. The predicted octanol–water partition coefficient (Wildman–Crippen LogP) is 3.03. The first-order chi connectivity index (χ1) is 14.4. The molecule has 0 unspecified atom stereocenters. The Hall–Kier alpha value is -1.15. The molecule has 1 saturated heterocycles. The van der Waals surface area contributed by atoms with Crippen LogP contribution in [-0.2, 0) is 21.5 Å². The third kappa shape index (κ3) is 3.90. The molecule has 1 heterocycles. The van der Waals surface area contributed by atoms with E-state index in [1.165, 1.54) is 40.7 Å². The predicted molar refractivity (Wildman–Crippen MR) is 116 cm³/mol. The van der Waals surface area contributed by atoms with Crippen LogP contribution in [0.1, 0.15) is 44.1 Å². The summed E-state index contributed by atoms with van der Waals surface area (Å²) in [6, 6.07) is 7.53. The van der Waals surface area contributed by atoms with Crippen molar-refractivity contribution in [2.24, 2.45) is 23.7 Å². The van der Waals surface area contributed by atoms with Gasteiger partial charge in [-0.1, -0.05) is 29.8 Å². The Morgan fingerprint density at radius 1 is 1.00 bits per heavy atom. The van der Waals surface area contributed by atoms with Crippen LogP contribution in [0.4, 0.5) is 0 Å². The summed E-state index contributed by atoms with van der Waals surface area (Å²) in [4.78, 5) is 12.9. The van der Waals surface area contributed by atoms with Gasteiger partial charge in [0, 0.05) is 30.7 Å². The normalized spacial score (nSPS) is 35.4. The zero-order valence-corrected chi connectivity index (χ0v) is 18.7. The maximum atomic E-state index is 13.1. The summed E-state index contributed by atoms with van der Waals surface area (Å²) in [7, 11) is -3.69. The fraction of sp³-hybridized carbons (Fsp3) is 0.682. The number of benzene rings is 1. The SMILES string of the molecule is O=C(CN1CCCN(Cc2ccccc2Cl)S1(=O)=O)NC1C2CC3CC(C2)CC1C3. The van der Waals surface area contributed by atoms with Gasteiger partial charge in [-0.15, -0.1) is 0 Å². The lowest BCUT2D eigenvalue weighted by Gasteiger charge is -2.54. The first-order valence-corrected chi connectivity index (χ1v) is 13.0. The molecule has 6 rings (SSSR count). The number of hydrogen-bond donors (Lipinski definition) is 1. The summed E-state index contributed by atoms with van der Waals surface area (Å²) < 4.78 is 29.0. The van der Waals surface area contributed by atoms with Crippen molar-refractivity contribution in [2.45, 2.75) is 51.1 Å². The maximum absolute atomic E-state index is 13.1. The van der Waals surface area contributed by atoms with Gasteiger partial charge in [0.1, 0.15) is 0 Å². The number of nitrogens with one attached hydrogen (secondary N) is 1. The first kappa shape index (κ1) is 20.7. The van der Waals surface area contributed by atoms with Crippen molar-refractivity contribution in [2.75, 3.05) is 19.6 Å². The van der Waals surface area contributed by atoms with Crippen LogP contribution in [0.3, 0.4) is 0 Å². The quantitative estimate of drug-likeness (QED) is 0.748. The number of carbonyl (C=O) groups excluding carboxylic acids is 1. The molecule has 0 radical (unpaired) electrons. The second-order valence-corrected chi connectivity index (χ2v) is 12.0. The monoisotopic (exact) mass is 451 g/mol. The van der Waals surface area contributed by atoms with Crippen molar-refractivity contribution in [3.05, 3.63) is 34.9 Å². The van der Waals surface area contributed by atoms with Crippen LogP contribution in [0.25, 0.3) is 0 Å². The molecule has 0 atom stereocenters. The zero-order chi connectivity index (χ0) is 20.9. The number of hydrogen-bond acceptors (Lipinski definition) is 3. The van der Waals surface area contributed by atoms with Gasteiger partial charge in [0.15, 0.2) is 0 Å². The Morgan fingerprint density at radius 2 is 1.63 bits per heavy atom. The van der Waals surface area contributed by atoms with E-state index in [2.05, 4.69) is 5.32 Å². The molecule has 1 amide bonds. The Labute approximate surface area is 184 Å². The number of amides is 1. The molecule has 1 aromatic carbocycles. The number of rotatable bonds is 5. The van der Waals surface area contributed by atoms with Crippen molar-refractivity contribution in [3.8, 4) is 0 Å². The summed E-state index contributed by atoms with van der Waals surface area (Å²) in [6.07, 6.45) is 6.99. The molecule has 4 aliphatic carbocycles. The lowest BCUT2D eigenvalue weighted by Crippen LogP contribution is -2.58. The highest BCUT2D eigenvalue weighted by atomic mass is 35.5. The first-order valence-electron chi connectivity index (χ1n) is 11.2. The van der Waals surface area contributed by atoms with E-state index < -0.39 is 10.2 Å². The minimum absolute atomic E-state index is 0.0931. The van der Waals surface area contributed by atoms with Gasteiger partial charge in [-0.3, -0.25) is 4.79 Å². The van der Waals surface area contributed by atoms with Crippen molar-refractivity contribution in [3.63, 3.8) is 0 Å². The van der Waals surface area contributed by atoms with E-state index in [1.807, 2.05) is 18.2 Å². The van der Waals surface area contributed by atoms with Crippen LogP contribution < -0.4 is 5.32 Å². The van der Waals surface area contributed by atoms with Crippen molar-refractivity contribution < 1.29 is 13.2 Å². The van der Waals surface area contributed by atoms with Crippen molar-refractivity contribution >= 4 is 27.7 Å². The molecular weight excluding hydrogens is 422 g/mol. The van der Waals surface area contributed by atoms with Crippen molar-refractivity contribution in [1.82, 2.24) is 13.9 Å². The molecule has 5 aliphatic rings. The molecule has 0 aromatic heterocycles. The number of carbonyl (C=O) groups is 1. The van der Waals surface area contributed by atoms with Gasteiger partial charge in [-0.05, 0) is 73.8 Å². The Kier molecular flexibility index (Phi) is 5.58. The van der Waals surface area contributed by atoms with Crippen LogP contribution >= 0.6 is 11.6 Å². The van der Waals surface area contributed by atoms with Gasteiger partial charge in [0.2, 0.25) is 5.91 Å². The standard InChI is InChI=1S/C22H30ClN3O3S/c23-20-5-2-1-4-17(20)13-25-6-3-7-26(30(25,28)29)14-21(27)24-22-18-9-15-8-16(11-18)12-19(22)10-15/h1-2,4-5,15-16,18-19,22H,3,6-14H2,(H,24,27). The van der Waals surface area contributed by atoms with E-state index in [0.717, 1.165) is 17.4 Å². The smallest absolute Gasteiger partial charge is 0.282 e. The van der Waals surface area contributed by atoms with E-state index in [0.29, 0.717) is 36.4 Å². The molecule has 5 fully saturated rings. The maximum Gasteiger partial charge on any atom is 0.282 e. The second kappa shape index (κ2) is 8.08. The van der Waals surface area contributed by atoms with Crippen LogP contribution in [0, 0.1) is 23.7 Å². The minimum Gasteiger partial charge on any atom is -0.352 e. The van der Waals surface area contributed by atoms with E-state index >= 15 is 0 Å². The topological polar surface area (TPSA) is 69.7 Å². The van der Waals surface area contributed by atoms with Crippen LogP contribution in [0.2, 0.25) is 5.02 Å². The Balaban J connectivity index is 1.23. The van der Waals surface area contributed by atoms with Crippen molar-refractivity contribution in [1.29, 1.82) is 0 Å². The van der Waals surface area contributed by atoms with Gasteiger partial charge in [-0.2, -0.15) is 17.0 Å². The largest absolute Gasteiger partial charge is 0.352 e. The van der Waals surface area contributed by atoms with E-state index in [4.69, 9.17) is 11.6 Å². The number of nitrogens with zero attached hydrogens (tertiary/aromatic N) is 2. The molecule has 164 valence electrons.